The molecule has 0 amide bonds. The van der Waals surface area contributed by atoms with Gasteiger partial charge in [-0.3, -0.25) is 9.69 Å². The first-order valence-electron chi connectivity index (χ1n) is 5.21. The van der Waals surface area contributed by atoms with Crippen molar-refractivity contribution in [2.75, 3.05) is 46.6 Å². The van der Waals surface area contributed by atoms with Crippen LogP contribution in [-0.2, 0) is 14.3 Å². The van der Waals surface area contributed by atoms with Crippen LogP contribution in [-0.4, -0.2) is 62.5 Å². The van der Waals surface area contributed by atoms with Crippen LogP contribution in [0.4, 0.5) is 0 Å². The third-order valence-electron chi connectivity index (χ3n) is 1.88. The number of hydrogen-bond acceptors (Lipinski definition) is 4. The van der Waals surface area contributed by atoms with E-state index >= 15 is 0 Å². The number of rotatable bonds is 10. The van der Waals surface area contributed by atoms with Crippen LogP contribution in [0.15, 0.2) is 0 Å². The molecule has 1 N–H and O–H groups in total. The molecular formula is C10H22ClNO4. The van der Waals surface area contributed by atoms with E-state index in [4.69, 9.17) is 14.6 Å². The average Bonchev–Trinajstić information content (AvgIpc) is 2.17. The third-order valence-corrected chi connectivity index (χ3v) is 1.88. The van der Waals surface area contributed by atoms with Gasteiger partial charge in [-0.05, 0) is 13.0 Å². The lowest BCUT2D eigenvalue weighted by molar-refractivity contribution is -0.138. The first-order valence-corrected chi connectivity index (χ1v) is 5.21. The Labute approximate surface area is 103 Å². The van der Waals surface area contributed by atoms with Gasteiger partial charge < -0.3 is 14.6 Å². The fourth-order valence-corrected chi connectivity index (χ4v) is 1.22. The van der Waals surface area contributed by atoms with E-state index in [0.29, 0.717) is 26.4 Å². The summed E-state index contributed by atoms with van der Waals surface area (Å²) in [6.07, 6.45) is 0.950. The maximum atomic E-state index is 10.5. The van der Waals surface area contributed by atoms with E-state index < -0.39 is 5.97 Å². The topological polar surface area (TPSA) is 59.0 Å². The zero-order chi connectivity index (χ0) is 11.5. The molecule has 0 fully saturated rings. The minimum Gasteiger partial charge on any atom is -0.480 e. The quantitative estimate of drug-likeness (QED) is 0.587. The highest BCUT2D eigenvalue weighted by Crippen LogP contribution is 1.91. The van der Waals surface area contributed by atoms with Gasteiger partial charge in [0.1, 0.15) is 0 Å². The number of methoxy groups -OCH3 is 1. The predicted molar refractivity (Wildman–Crippen MR) is 64.3 cm³/mol. The van der Waals surface area contributed by atoms with Crippen molar-refractivity contribution < 1.29 is 19.4 Å². The highest BCUT2D eigenvalue weighted by Gasteiger charge is 2.07. The number of nitrogens with zero attached hydrogens (tertiary/aromatic N) is 1. The normalized spacial score (nSPS) is 10.2. The number of halogens is 1. The van der Waals surface area contributed by atoms with Crippen LogP contribution >= 0.6 is 12.4 Å². The van der Waals surface area contributed by atoms with Gasteiger partial charge in [-0.2, -0.15) is 0 Å². The Hall–Kier alpha value is -0.360. The molecule has 0 bridgehead atoms. The van der Waals surface area contributed by atoms with Gasteiger partial charge in [0.25, 0.3) is 0 Å². The van der Waals surface area contributed by atoms with Gasteiger partial charge in [0.2, 0.25) is 0 Å². The highest BCUT2D eigenvalue weighted by atomic mass is 35.5. The Morgan fingerprint density at radius 2 is 1.94 bits per heavy atom. The van der Waals surface area contributed by atoms with Crippen LogP contribution in [0.3, 0.4) is 0 Å². The Kier molecular flexibility index (Phi) is 14.3. The second-order valence-corrected chi connectivity index (χ2v) is 3.28. The SMILES string of the molecule is CCCN(CCOCCOC)CC(=O)O.Cl. The molecule has 0 aromatic heterocycles. The zero-order valence-corrected chi connectivity index (χ0v) is 10.8. The molecule has 0 radical (unpaired) electrons. The zero-order valence-electron chi connectivity index (χ0n) is 9.98. The summed E-state index contributed by atoms with van der Waals surface area (Å²) in [5, 5.41) is 8.65. The smallest absolute Gasteiger partial charge is 0.317 e. The molecule has 5 nitrogen and oxygen atoms in total. The third kappa shape index (κ3) is 11.7. The van der Waals surface area contributed by atoms with Crippen molar-refractivity contribution in [1.82, 2.24) is 4.90 Å². The van der Waals surface area contributed by atoms with Crippen LogP contribution in [0, 0.1) is 0 Å². The highest BCUT2D eigenvalue weighted by molar-refractivity contribution is 5.85. The molecule has 0 aliphatic heterocycles. The van der Waals surface area contributed by atoms with Gasteiger partial charge in [0.05, 0.1) is 26.4 Å². The van der Waals surface area contributed by atoms with E-state index in [-0.39, 0.29) is 19.0 Å². The lowest BCUT2D eigenvalue weighted by atomic mass is 10.4. The predicted octanol–water partition coefficient (Wildman–Crippen LogP) is 0.868. The van der Waals surface area contributed by atoms with Crippen LogP contribution in [0.25, 0.3) is 0 Å². The Bertz CT molecular complexity index is 169. The number of carbonyl (C=O) groups is 1. The molecule has 0 heterocycles. The molecule has 98 valence electrons. The number of carboxylic acids is 1. The Morgan fingerprint density at radius 1 is 1.25 bits per heavy atom. The van der Waals surface area contributed by atoms with E-state index in [1.165, 1.54) is 0 Å². The molecule has 0 aromatic rings. The largest absolute Gasteiger partial charge is 0.480 e. The molecule has 6 heteroatoms. The molecule has 0 aromatic carbocycles. The maximum Gasteiger partial charge on any atom is 0.317 e. The van der Waals surface area contributed by atoms with Crippen LogP contribution in [0.1, 0.15) is 13.3 Å². The molecule has 0 spiro atoms. The van der Waals surface area contributed by atoms with Crippen molar-refractivity contribution in [2.24, 2.45) is 0 Å². The number of aliphatic carboxylic acids is 1. The Balaban J connectivity index is 0. The van der Waals surface area contributed by atoms with E-state index in [1.807, 2.05) is 11.8 Å². The van der Waals surface area contributed by atoms with Crippen molar-refractivity contribution in [1.29, 1.82) is 0 Å². The maximum absolute atomic E-state index is 10.5. The molecule has 0 rings (SSSR count). The fraction of sp³-hybridized carbons (Fsp3) is 0.900. The van der Waals surface area contributed by atoms with Crippen molar-refractivity contribution in [3.8, 4) is 0 Å². The summed E-state index contributed by atoms with van der Waals surface area (Å²) in [5.74, 6) is -0.791. The van der Waals surface area contributed by atoms with Crippen LogP contribution in [0.2, 0.25) is 0 Å². The van der Waals surface area contributed by atoms with Crippen molar-refractivity contribution in [3.63, 3.8) is 0 Å². The van der Waals surface area contributed by atoms with E-state index in [1.54, 1.807) is 7.11 Å². The minimum atomic E-state index is -0.791. The van der Waals surface area contributed by atoms with Crippen molar-refractivity contribution in [2.45, 2.75) is 13.3 Å². The monoisotopic (exact) mass is 255 g/mol. The van der Waals surface area contributed by atoms with Crippen LogP contribution in [0.5, 0.6) is 0 Å². The van der Waals surface area contributed by atoms with E-state index in [0.717, 1.165) is 13.0 Å². The van der Waals surface area contributed by atoms with Gasteiger partial charge >= 0.3 is 5.97 Å². The standard InChI is InChI=1S/C10H21NO4.ClH/c1-3-4-11(9-10(12)13)5-6-15-8-7-14-2;/h3-9H2,1-2H3,(H,12,13);1H. The van der Waals surface area contributed by atoms with Gasteiger partial charge in [-0.15, -0.1) is 12.4 Å². The van der Waals surface area contributed by atoms with E-state index in [2.05, 4.69) is 0 Å². The second-order valence-electron chi connectivity index (χ2n) is 3.28. The number of carboxylic acid groups (broad SMARTS) is 1. The summed E-state index contributed by atoms with van der Waals surface area (Å²) in [6.45, 7) is 5.25. The van der Waals surface area contributed by atoms with Gasteiger partial charge in [-0.1, -0.05) is 6.92 Å². The molecule has 0 atom stereocenters. The summed E-state index contributed by atoms with van der Waals surface area (Å²) in [5.41, 5.74) is 0. The minimum absolute atomic E-state index is 0. The molecular weight excluding hydrogens is 234 g/mol. The number of hydrogen-bond donors (Lipinski definition) is 1. The summed E-state index contributed by atoms with van der Waals surface area (Å²) in [6, 6.07) is 0. The first kappa shape index (κ1) is 18.0. The van der Waals surface area contributed by atoms with Crippen molar-refractivity contribution >= 4 is 18.4 Å². The van der Waals surface area contributed by atoms with Crippen molar-refractivity contribution in [3.05, 3.63) is 0 Å². The lowest BCUT2D eigenvalue weighted by Gasteiger charge is -2.18. The molecule has 16 heavy (non-hydrogen) atoms. The molecule has 0 saturated heterocycles. The Morgan fingerprint density at radius 3 is 2.44 bits per heavy atom. The molecule has 0 aliphatic carbocycles. The second kappa shape index (κ2) is 12.7. The van der Waals surface area contributed by atoms with Gasteiger partial charge in [0.15, 0.2) is 0 Å². The van der Waals surface area contributed by atoms with Gasteiger partial charge in [0, 0.05) is 13.7 Å². The molecule has 0 saturated carbocycles. The summed E-state index contributed by atoms with van der Waals surface area (Å²) in [7, 11) is 1.62. The lowest BCUT2D eigenvalue weighted by Crippen LogP contribution is -2.33. The van der Waals surface area contributed by atoms with Gasteiger partial charge in [-0.25, -0.2) is 0 Å². The molecule has 0 unspecified atom stereocenters. The first-order chi connectivity index (χ1) is 7.20. The average molecular weight is 256 g/mol. The summed E-state index contributed by atoms with van der Waals surface area (Å²) >= 11 is 0. The van der Waals surface area contributed by atoms with E-state index in [9.17, 15) is 4.79 Å². The number of ether oxygens (including phenoxy) is 2. The van der Waals surface area contributed by atoms with Crippen LogP contribution < -0.4 is 0 Å². The summed E-state index contributed by atoms with van der Waals surface area (Å²) < 4.78 is 10.1. The summed E-state index contributed by atoms with van der Waals surface area (Å²) in [4.78, 5) is 12.4. The fourth-order valence-electron chi connectivity index (χ4n) is 1.22. The molecule has 0 aliphatic rings.